The van der Waals surface area contributed by atoms with Crippen LogP contribution >= 0.6 is 23.4 Å². The van der Waals surface area contributed by atoms with Crippen LogP contribution in [0.3, 0.4) is 0 Å². The standard InChI is InChI=1S/C19H25ClN4O3S/c1-3-5-9-24-17(21)16(18(26)22-19(24)27)23(4-2)15(25)12-28-11-13-7-6-8-14(20)10-13/h6-8,10H,3-5,9,11-12,21H2,1-2H3,(H,22,26,27). The van der Waals surface area contributed by atoms with Crippen molar-refractivity contribution in [3.63, 3.8) is 0 Å². The lowest BCUT2D eigenvalue weighted by molar-refractivity contribution is -0.116. The molecule has 0 fully saturated rings. The van der Waals surface area contributed by atoms with Gasteiger partial charge >= 0.3 is 5.69 Å². The number of anilines is 2. The molecular weight excluding hydrogens is 400 g/mol. The third kappa shape index (κ3) is 5.42. The summed E-state index contributed by atoms with van der Waals surface area (Å²) in [6, 6.07) is 7.44. The zero-order valence-electron chi connectivity index (χ0n) is 16.0. The Morgan fingerprint density at radius 3 is 2.71 bits per heavy atom. The van der Waals surface area contributed by atoms with Gasteiger partial charge in [-0.1, -0.05) is 37.1 Å². The van der Waals surface area contributed by atoms with Gasteiger partial charge < -0.3 is 10.6 Å². The van der Waals surface area contributed by atoms with Crippen LogP contribution in [0.5, 0.6) is 0 Å². The molecule has 0 bridgehead atoms. The summed E-state index contributed by atoms with van der Waals surface area (Å²) < 4.78 is 1.31. The molecule has 28 heavy (non-hydrogen) atoms. The number of aromatic nitrogens is 2. The number of H-pyrrole nitrogens is 1. The van der Waals surface area contributed by atoms with E-state index in [-0.39, 0.29) is 29.7 Å². The predicted molar refractivity (Wildman–Crippen MR) is 116 cm³/mol. The van der Waals surface area contributed by atoms with Gasteiger partial charge in [-0.25, -0.2) is 4.79 Å². The highest BCUT2D eigenvalue weighted by Gasteiger charge is 2.22. The lowest BCUT2D eigenvalue weighted by Gasteiger charge is -2.23. The van der Waals surface area contributed by atoms with E-state index in [1.807, 2.05) is 25.1 Å². The monoisotopic (exact) mass is 424 g/mol. The van der Waals surface area contributed by atoms with Crippen molar-refractivity contribution in [2.45, 2.75) is 39.0 Å². The Labute approximate surface area is 172 Å². The highest BCUT2D eigenvalue weighted by molar-refractivity contribution is 7.99. The third-order valence-electron chi connectivity index (χ3n) is 4.22. The Kier molecular flexibility index (Phi) is 8.19. The Morgan fingerprint density at radius 1 is 1.32 bits per heavy atom. The highest BCUT2D eigenvalue weighted by atomic mass is 35.5. The van der Waals surface area contributed by atoms with E-state index in [2.05, 4.69) is 4.98 Å². The van der Waals surface area contributed by atoms with Crippen molar-refractivity contribution in [1.82, 2.24) is 9.55 Å². The Balaban J connectivity index is 2.18. The van der Waals surface area contributed by atoms with Crippen molar-refractivity contribution in [3.8, 4) is 0 Å². The van der Waals surface area contributed by atoms with E-state index >= 15 is 0 Å². The number of amides is 1. The molecule has 0 unspecified atom stereocenters. The van der Waals surface area contributed by atoms with Gasteiger partial charge in [0.15, 0.2) is 5.69 Å². The van der Waals surface area contributed by atoms with Crippen LogP contribution in [0.15, 0.2) is 33.9 Å². The molecule has 0 atom stereocenters. The van der Waals surface area contributed by atoms with E-state index < -0.39 is 11.2 Å². The first-order valence-corrected chi connectivity index (χ1v) is 10.7. The fourth-order valence-electron chi connectivity index (χ4n) is 2.80. The number of nitrogen functional groups attached to an aromatic ring is 1. The van der Waals surface area contributed by atoms with Crippen LogP contribution < -0.4 is 21.9 Å². The minimum atomic E-state index is -0.648. The molecule has 0 aliphatic heterocycles. The van der Waals surface area contributed by atoms with E-state index in [0.717, 1.165) is 18.4 Å². The second kappa shape index (κ2) is 10.4. The number of carbonyl (C=O) groups excluding carboxylic acids is 1. The first kappa shape index (κ1) is 22.1. The zero-order valence-corrected chi connectivity index (χ0v) is 17.6. The number of nitrogens with two attached hydrogens (primary N) is 1. The molecule has 1 heterocycles. The molecule has 3 N–H and O–H groups in total. The van der Waals surface area contributed by atoms with Gasteiger partial charge in [0.1, 0.15) is 5.82 Å². The minimum absolute atomic E-state index is 0.0252. The molecule has 9 heteroatoms. The van der Waals surface area contributed by atoms with E-state index in [9.17, 15) is 14.4 Å². The van der Waals surface area contributed by atoms with Crippen LogP contribution in [0.25, 0.3) is 0 Å². The van der Waals surface area contributed by atoms with Crippen LogP contribution in [0.2, 0.25) is 5.02 Å². The SMILES string of the molecule is CCCCn1c(N)c(N(CC)C(=O)CSCc2cccc(Cl)c2)c(=O)[nH]c1=O. The van der Waals surface area contributed by atoms with E-state index in [1.54, 1.807) is 13.0 Å². The van der Waals surface area contributed by atoms with E-state index in [0.29, 0.717) is 17.3 Å². The van der Waals surface area contributed by atoms with Crippen molar-refractivity contribution in [1.29, 1.82) is 0 Å². The molecule has 0 saturated heterocycles. The van der Waals surface area contributed by atoms with Gasteiger partial charge in [0, 0.05) is 23.9 Å². The molecule has 2 rings (SSSR count). The summed E-state index contributed by atoms with van der Waals surface area (Å²) in [7, 11) is 0. The second-order valence-corrected chi connectivity index (χ2v) is 7.68. The maximum absolute atomic E-state index is 12.7. The van der Waals surface area contributed by atoms with Crippen molar-refractivity contribution < 1.29 is 4.79 Å². The molecular formula is C19H25ClN4O3S. The number of halogens is 1. The molecule has 152 valence electrons. The highest BCUT2D eigenvalue weighted by Crippen LogP contribution is 2.20. The van der Waals surface area contributed by atoms with Gasteiger partial charge in [0.2, 0.25) is 5.91 Å². The Morgan fingerprint density at radius 2 is 2.07 bits per heavy atom. The number of hydrogen-bond acceptors (Lipinski definition) is 5. The lowest BCUT2D eigenvalue weighted by Crippen LogP contribution is -2.41. The average Bonchev–Trinajstić information content (AvgIpc) is 2.64. The number of thioether (sulfide) groups is 1. The molecule has 1 amide bonds. The maximum Gasteiger partial charge on any atom is 0.330 e. The largest absolute Gasteiger partial charge is 0.383 e. The minimum Gasteiger partial charge on any atom is -0.383 e. The molecule has 0 saturated carbocycles. The normalized spacial score (nSPS) is 10.8. The van der Waals surface area contributed by atoms with Gasteiger partial charge in [-0.3, -0.25) is 19.1 Å². The van der Waals surface area contributed by atoms with Gasteiger partial charge in [0.25, 0.3) is 5.56 Å². The summed E-state index contributed by atoms with van der Waals surface area (Å²) in [5.74, 6) is 0.573. The van der Waals surface area contributed by atoms with Gasteiger partial charge in [0.05, 0.1) is 5.75 Å². The fourth-order valence-corrected chi connectivity index (χ4v) is 3.86. The van der Waals surface area contributed by atoms with E-state index in [1.165, 1.54) is 21.2 Å². The molecule has 0 aliphatic carbocycles. The topological polar surface area (TPSA) is 101 Å². The van der Waals surface area contributed by atoms with Gasteiger partial charge in [-0.15, -0.1) is 11.8 Å². The van der Waals surface area contributed by atoms with Crippen molar-refractivity contribution in [3.05, 3.63) is 55.7 Å². The van der Waals surface area contributed by atoms with Crippen LogP contribution in [-0.2, 0) is 17.1 Å². The number of nitrogens with zero attached hydrogens (tertiary/aromatic N) is 2. The number of unbranched alkanes of at least 4 members (excludes halogenated alkanes) is 1. The number of carbonyl (C=O) groups is 1. The number of benzene rings is 1. The molecule has 7 nitrogen and oxygen atoms in total. The number of hydrogen-bond donors (Lipinski definition) is 2. The number of nitrogens with one attached hydrogen (secondary N) is 1. The van der Waals surface area contributed by atoms with Crippen molar-refractivity contribution in [2.24, 2.45) is 0 Å². The number of rotatable bonds is 9. The number of aromatic amines is 1. The Bertz CT molecular complexity index is 942. The van der Waals surface area contributed by atoms with Crippen LogP contribution in [0.1, 0.15) is 32.3 Å². The van der Waals surface area contributed by atoms with Gasteiger partial charge in [-0.05, 0) is 31.0 Å². The molecule has 0 spiro atoms. The summed E-state index contributed by atoms with van der Waals surface area (Å²) in [5, 5.41) is 0.647. The molecule has 1 aromatic heterocycles. The summed E-state index contributed by atoms with van der Waals surface area (Å²) in [6.07, 6.45) is 1.61. The fraction of sp³-hybridized carbons (Fsp3) is 0.421. The quantitative estimate of drug-likeness (QED) is 0.644. The first-order chi connectivity index (χ1) is 13.4. The summed E-state index contributed by atoms with van der Waals surface area (Å²) >= 11 is 7.40. The molecule has 0 radical (unpaired) electrons. The lowest BCUT2D eigenvalue weighted by atomic mass is 10.2. The van der Waals surface area contributed by atoms with E-state index in [4.69, 9.17) is 17.3 Å². The van der Waals surface area contributed by atoms with Crippen molar-refractivity contribution >= 4 is 40.8 Å². The summed E-state index contributed by atoms with van der Waals surface area (Å²) in [4.78, 5) is 40.8. The molecule has 0 aliphatic rings. The van der Waals surface area contributed by atoms with Crippen LogP contribution in [-0.4, -0.2) is 27.8 Å². The van der Waals surface area contributed by atoms with Gasteiger partial charge in [-0.2, -0.15) is 0 Å². The smallest absolute Gasteiger partial charge is 0.330 e. The van der Waals surface area contributed by atoms with Crippen molar-refractivity contribution in [2.75, 3.05) is 22.9 Å². The average molecular weight is 425 g/mol. The second-order valence-electron chi connectivity index (χ2n) is 6.26. The molecule has 2 aromatic rings. The molecule has 1 aromatic carbocycles. The summed E-state index contributed by atoms with van der Waals surface area (Å²) in [5.41, 5.74) is 5.95. The van der Waals surface area contributed by atoms with Crippen LogP contribution in [0.4, 0.5) is 11.5 Å². The first-order valence-electron chi connectivity index (χ1n) is 9.14. The zero-order chi connectivity index (χ0) is 20.7. The maximum atomic E-state index is 12.7. The predicted octanol–water partition coefficient (Wildman–Crippen LogP) is 2.86. The summed E-state index contributed by atoms with van der Waals surface area (Å²) in [6.45, 7) is 4.42. The van der Waals surface area contributed by atoms with Crippen LogP contribution in [0, 0.1) is 0 Å². The Hall–Kier alpha value is -2.19. The third-order valence-corrected chi connectivity index (χ3v) is 5.44.